The van der Waals surface area contributed by atoms with Crippen LogP contribution in [0.3, 0.4) is 0 Å². The Kier molecular flexibility index (Phi) is 4.42. The number of aliphatic hydroxyl groups excluding tert-OH is 1. The highest BCUT2D eigenvalue weighted by atomic mass is 19.1. The first kappa shape index (κ1) is 14.1. The van der Waals surface area contributed by atoms with Crippen LogP contribution in [0.1, 0.15) is 5.56 Å². The zero-order valence-electron chi connectivity index (χ0n) is 11.2. The van der Waals surface area contributed by atoms with Crippen molar-refractivity contribution in [3.05, 3.63) is 47.8 Å². The van der Waals surface area contributed by atoms with E-state index in [1.807, 2.05) is 0 Å². The minimum atomic E-state index is -0.565. The molecule has 0 amide bonds. The first-order valence-corrected chi connectivity index (χ1v) is 5.97. The molecule has 0 radical (unpaired) electrons. The topological polar surface area (TPSA) is 47.9 Å². The Bertz CT molecular complexity index is 576. The summed E-state index contributed by atoms with van der Waals surface area (Å²) < 4.78 is 29.8. The molecule has 0 heterocycles. The highest BCUT2D eigenvalue weighted by molar-refractivity contribution is 5.53. The van der Waals surface area contributed by atoms with Gasteiger partial charge in [-0.05, 0) is 29.8 Å². The van der Waals surface area contributed by atoms with Crippen molar-refractivity contribution in [1.29, 1.82) is 0 Å². The molecule has 2 aromatic rings. The summed E-state index contributed by atoms with van der Waals surface area (Å²) in [6, 6.07) is 9.38. The molecule has 0 saturated heterocycles. The van der Waals surface area contributed by atoms with Crippen molar-refractivity contribution in [2.75, 3.05) is 14.2 Å². The van der Waals surface area contributed by atoms with E-state index >= 15 is 0 Å². The van der Waals surface area contributed by atoms with Crippen LogP contribution in [0.4, 0.5) is 4.39 Å². The summed E-state index contributed by atoms with van der Waals surface area (Å²) >= 11 is 0. The molecule has 0 unspecified atom stereocenters. The summed E-state index contributed by atoms with van der Waals surface area (Å²) in [5.74, 6) is 0.646. The molecule has 5 heteroatoms. The van der Waals surface area contributed by atoms with Gasteiger partial charge in [-0.2, -0.15) is 0 Å². The third-order valence-corrected chi connectivity index (χ3v) is 2.77. The average molecular weight is 278 g/mol. The lowest BCUT2D eigenvalue weighted by Crippen LogP contribution is -1.96. The number of para-hydroxylation sites is 1. The van der Waals surface area contributed by atoms with Gasteiger partial charge in [-0.25, -0.2) is 4.39 Å². The molecule has 0 aliphatic rings. The summed E-state index contributed by atoms with van der Waals surface area (Å²) in [7, 11) is 2.99. The predicted molar refractivity (Wildman–Crippen MR) is 71.9 cm³/mol. The fourth-order valence-corrected chi connectivity index (χ4v) is 1.75. The zero-order chi connectivity index (χ0) is 14.5. The van der Waals surface area contributed by atoms with E-state index < -0.39 is 5.82 Å². The lowest BCUT2D eigenvalue weighted by molar-refractivity contribution is 0.280. The maximum Gasteiger partial charge on any atom is 0.211 e. The fourth-order valence-electron chi connectivity index (χ4n) is 1.75. The average Bonchev–Trinajstić information content (AvgIpc) is 2.49. The number of benzene rings is 2. The summed E-state index contributed by atoms with van der Waals surface area (Å²) in [6.45, 7) is -0.227. The Morgan fingerprint density at radius 1 is 1.00 bits per heavy atom. The van der Waals surface area contributed by atoms with Gasteiger partial charge < -0.3 is 19.3 Å². The zero-order valence-corrected chi connectivity index (χ0v) is 11.2. The van der Waals surface area contributed by atoms with Crippen molar-refractivity contribution < 1.29 is 23.7 Å². The smallest absolute Gasteiger partial charge is 0.211 e. The second kappa shape index (κ2) is 6.25. The summed E-state index contributed by atoms with van der Waals surface area (Å²) in [5, 5.41) is 8.96. The normalized spacial score (nSPS) is 10.2. The number of hydrogen-bond acceptors (Lipinski definition) is 4. The molecule has 0 fully saturated rings. The fraction of sp³-hybridized carbons (Fsp3) is 0.200. The number of methoxy groups -OCH3 is 2. The third kappa shape index (κ3) is 2.83. The number of halogens is 1. The molecular formula is C15H15FO4. The van der Waals surface area contributed by atoms with E-state index in [2.05, 4.69) is 0 Å². The second-order valence-electron chi connectivity index (χ2n) is 4.02. The van der Waals surface area contributed by atoms with E-state index in [-0.39, 0.29) is 12.4 Å². The van der Waals surface area contributed by atoms with Gasteiger partial charge in [0.15, 0.2) is 23.1 Å². The number of aliphatic hydroxyl groups is 1. The van der Waals surface area contributed by atoms with E-state index in [0.29, 0.717) is 22.8 Å². The molecule has 0 aromatic heterocycles. The molecule has 1 N–H and O–H groups in total. The summed E-state index contributed by atoms with van der Waals surface area (Å²) in [4.78, 5) is 0. The number of hydrogen-bond donors (Lipinski definition) is 1. The Balaban J connectivity index is 2.39. The largest absolute Gasteiger partial charge is 0.493 e. The molecule has 0 saturated carbocycles. The van der Waals surface area contributed by atoms with Gasteiger partial charge >= 0.3 is 0 Å². The lowest BCUT2D eigenvalue weighted by Gasteiger charge is -2.14. The van der Waals surface area contributed by atoms with Crippen LogP contribution in [0.15, 0.2) is 36.4 Å². The monoisotopic (exact) mass is 278 g/mol. The molecule has 0 aliphatic carbocycles. The molecule has 4 nitrogen and oxygen atoms in total. The third-order valence-electron chi connectivity index (χ3n) is 2.77. The van der Waals surface area contributed by atoms with Gasteiger partial charge in [-0.15, -0.1) is 0 Å². The van der Waals surface area contributed by atoms with E-state index in [9.17, 15) is 4.39 Å². The minimum absolute atomic E-state index is 0.0324. The van der Waals surface area contributed by atoms with Gasteiger partial charge in [0.1, 0.15) is 0 Å². The van der Waals surface area contributed by atoms with E-state index in [4.69, 9.17) is 19.3 Å². The summed E-state index contributed by atoms with van der Waals surface area (Å²) in [6.07, 6.45) is 0. The molecule has 0 spiro atoms. The van der Waals surface area contributed by atoms with Crippen LogP contribution >= 0.6 is 0 Å². The Hall–Kier alpha value is -2.27. The number of ether oxygens (including phenoxy) is 3. The quantitative estimate of drug-likeness (QED) is 0.912. The van der Waals surface area contributed by atoms with Gasteiger partial charge in [-0.1, -0.05) is 12.1 Å². The first-order chi connectivity index (χ1) is 9.69. The Morgan fingerprint density at radius 2 is 1.65 bits per heavy atom. The number of rotatable bonds is 5. The van der Waals surface area contributed by atoms with Crippen molar-refractivity contribution >= 4 is 0 Å². The van der Waals surface area contributed by atoms with Crippen molar-refractivity contribution in [2.45, 2.75) is 6.61 Å². The van der Waals surface area contributed by atoms with Crippen LogP contribution in [0.2, 0.25) is 0 Å². The maximum atomic E-state index is 13.9. The van der Waals surface area contributed by atoms with Crippen LogP contribution < -0.4 is 14.2 Å². The molecular weight excluding hydrogens is 263 g/mol. The van der Waals surface area contributed by atoms with Gasteiger partial charge in [0.05, 0.1) is 20.8 Å². The second-order valence-corrected chi connectivity index (χ2v) is 4.02. The van der Waals surface area contributed by atoms with E-state index in [0.717, 1.165) is 0 Å². The molecule has 20 heavy (non-hydrogen) atoms. The van der Waals surface area contributed by atoms with Gasteiger partial charge in [0.25, 0.3) is 0 Å². The van der Waals surface area contributed by atoms with Gasteiger partial charge in [-0.3, -0.25) is 0 Å². The molecule has 2 rings (SSSR count). The van der Waals surface area contributed by atoms with E-state index in [1.54, 1.807) is 24.3 Å². The van der Waals surface area contributed by atoms with Crippen LogP contribution in [-0.2, 0) is 6.61 Å². The highest BCUT2D eigenvalue weighted by Gasteiger charge is 2.14. The molecule has 2 aromatic carbocycles. The molecule has 106 valence electrons. The lowest BCUT2D eigenvalue weighted by atomic mass is 10.2. The molecule has 0 atom stereocenters. The standard InChI is InChI=1S/C15H15FO4/c1-18-13-4-3-5-14(19-2)15(13)20-12-7-6-10(9-17)8-11(12)16/h3-8,17H,9H2,1-2H3. The van der Waals surface area contributed by atoms with Crippen LogP contribution in [0.5, 0.6) is 23.0 Å². The Labute approximate surface area is 116 Å². The van der Waals surface area contributed by atoms with Gasteiger partial charge in [0.2, 0.25) is 5.75 Å². The molecule has 0 bridgehead atoms. The van der Waals surface area contributed by atoms with Crippen molar-refractivity contribution in [2.24, 2.45) is 0 Å². The minimum Gasteiger partial charge on any atom is -0.493 e. The predicted octanol–water partition coefficient (Wildman–Crippen LogP) is 3.13. The van der Waals surface area contributed by atoms with Crippen molar-refractivity contribution in [3.8, 4) is 23.0 Å². The van der Waals surface area contributed by atoms with Crippen molar-refractivity contribution in [3.63, 3.8) is 0 Å². The maximum absolute atomic E-state index is 13.9. The first-order valence-electron chi connectivity index (χ1n) is 5.97. The van der Waals surface area contributed by atoms with E-state index in [1.165, 1.54) is 26.4 Å². The van der Waals surface area contributed by atoms with Gasteiger partial charge in [0, 0.05) is 0 Å². The summed E-state index contributed by atoms with van der Waals surface area (Å²) in [5.41, 5.74) is 0.474. The SMILES string of the molecule is COc1cccc(OC)c1Oc1ccc(CO)cc1F. The molecule has 0 aliphatic heterocycles. The highest BCUT2D eigenvalue weighted by Crippen LogP contribution is 2.40. The van der Waals surface area contributed by atoms with Crippen LogP contribution in [0.25, 0.3) is 0 Å². The Morgan fingerprint density at radius 3 is 2.15 bits per heavy atom. The van der Waals surface area contributed by atoms with Crippen LogP contribution in [0, 0.1) is 5.82 Å². The van der Waals surface area contributed by atoms with Crippen molar-refractivity contribution in [1.82, 2.24) is 0 Å². The van der Waals surface area contributed by atoms with Crippen LogP contribution in [-0.4, -0.2) is 19.3 Å².